The number of nitrogens with zero attached hydrogens (tertiary/aromatic N) is 1. The van der Waals surface area contributed by atoms with E-state index in [0.29, 0.717) is 17.0 Å². The molecule has 0 aliphatic heterocycles. The van der Waals surface area contributed by atoms with E-state index in [1.807, 2.05) is 0 Å². The van der Waals surface area contributed by atoms with Gasteiger partial charge in [-0.1, -0.05) is 0 Å². The first kappa shape index (κ1) is 14.9. The molecule has 116 valence electrons. The van der Waals surface area contributed by atoms with Crippen molar-refractivity contribution >= 4 is 23.1 Å². The van der Waals surface area contributed by atoms with E-state index in [-0.39, 0.29) is 34.0 Å². The Morgan fingerprint density at radius 1 is 1.22 bits per heavy atom. The first-order chi connectivity index (χ1) is 11.0. The van der Waals surface area contributed by atoms with Crippen LogP contribution in [0.2, 0.25) is 0 Å². The van der Waals surface area contributed by atoms with Gasteiger partial charge in [-0.25, -0.2) is 4.79 Å². The van der Waals surface area contributed by atoms with E-state index < -0.39 is 5.97 Å². The highest BCUT2D eigenvalue weighted by atomic mass is 16.5. The van der Waals surface area contributed by atoms with E-state index in [2.05, 4.69) is 9.97 Å². The predicted molar refractivity (Wildman–Crippen MR) is 82.5 cm³/mol. The second-order valence-electron chi connectivity index (χ2n) is 5.27. The van der Waals surface area contributed by atoms with Gasteiger partial charge in [0.15, 0.2) is 5.78 Å². The van der Waals surface area contributed by atoms with Crippen molar-refractivity contribution in [2.45, 2.75) is 13.8 Å². The molecule has 1 aliphatic carbocycles. The molecule has 2 heterocycles. The van der Waals surface area contributed by atoms with E-state index in [1.54, 1.807) is 26.0 Å². The third-order valence-corrected chi connectivity index (χ3v) is 3.84. The number of aryl methyl sites for hydroxylation is 2. The molecule has 0 radical (unpaired) electrons. The van der Waals surface area contributed by atoms with Gasteiger partial charge in [-0.15, -0.1) is 0 Å². The Labute approximate surface area is 132 Å². The van der Waals surface area contributed by atoms with E-state index in [4.69, 9.17) is 4.74 Å². The highest BCUT2D eigenvalue weighted by Gasteiger charge is 2.32. The summed E-state index contributed by atoms with van der Waals surface area (Å²) >= 11 is 0. The van der Waals surface area contributed by atoms with E-state index in [1.165, 1.54) is 19.4 Å². The van der Waals surface area contributed by atoms with Crippen LogP contribution in [0, 0.1) is 13.8 Å². The molecule has 1 aliphatic rings. The number of ketones is 2. The Bertz CT molecular complexity index is 890. The summed E-state index contributed by atoms with van der Waals surface area (Å²) in [6.07, 6.45) is 2.70. The Kier molecular flexibility index (Phi) is 3.44. The number of ether oxygens (including phenoxy) is 1. The number of methoxy groups -OCH3 is 1. The fraction of sp³-hybridized carbons (Fsp3) is 0.176. The van der Waals surface area contributed by atoms with Gasteiger partial charge < -0.3 is 9.72 Å². The first-order valence-electron chi connectivity index (χ1n) is 6.99. The molecule has 0 atom stereocenters. The maximum absolute atomic E-state index is 12.8. The quantitative estimate of drug-likeness (QED) is 0.860. The van der Waals surface area contributed by atoms with Gasteiger partial charge in [-0.3, -0.25) is 14.6 Å². The van der Waals surface area contributed by atoms with Gasteiger partial charge in [-0.05, 0) is 32.1 Å². The van der Waals surface area contributed by atoms with Crippen LogP contribution in [0.5, 0.6) is 0 Å². The average molecular weight is 310 g/mol. The number of hydrogen-bond donors (Lipinski definition) is 1. The normalized spacial score (nSPS) is 13.6. The molecule has 0 unspecified atom stereocenters. The number of rotatable bonds is 2. The summed E-state index contributed by atoms with van der Waals surface area (Å²) in [5.74, 6) is -1.25. The lowest BCUT2D eigenvalue weighted by atomic mass is 9.87. The van der Waals surface area contributed by atoms with Gasteiger partial charge >= 0.3 is 5.97 Å². The molecule has 0 saturated carbocycles. The lowest BCUT2D eigenvalue weighted by molar-refractivity contribution is 0.0599. The molecule has 0 fully saturated rings. The Morgan fingerprint density at radius 2 is 1.96 bits per heavy atom. The van der Waals surface area contributed by atoms with Crippen molar-refractivity contribution in [2.24, 2.45) is 0 Å². The summed E-state index contributed by atoms with van der Waals surface area (Å²) in [5.41, 5.74) is 2.43. The minimum Gasteiger partial charge on any atom is -0.465 e. The largest absolute Gasteiger partial charge is 0.465 e. The highest BCUT2D eigenvalue weighted by molar-refractivity contribution is 6.39. The molecule has 3 rings (SSSR count). The molecule has 0 saturated heterocycles. The third kappa shape index (κ3) is 2.19. The van der Waals surface area contributed by atoms with E-state index in [0.717, 1.165) is 0 Å². The highest BCUT2D eigenvalue weighted by Crippen LogP contribution is 2.32. The van der Waals surface area contributed by atoms with Crippen LogP contribution in [0.1, 0.15) is 48.2 Å². The Hall–Kier alpha value is -3.02. The average Bonchev–Trinajstić information content (AvgIpc) is 2.84. The van der Waals surface area contributed by atoms with Crippen molar-refractivity contribution in [3.8, 4) is 0 Å². The Morgan fingerprint density at radius 3 is 2.65 bits per heavy atom. The zero-order chi connectivity index (χ0) is 16.7. The minimum atomic E-state index is -0.556. The van der Waals surface area contributed by atoms with Crippen molar-refractivity contribution in [3.05, 3.63) is 58.2 Å². The minimum absolute atomic E-state index is 0.130. The number of hydrogen-bond acceptors (Lipinski definition) is 5. The maximum Gasteiger partial charge on any atom is 0.340 e. The fourth-order valence-corrected chi connectivity index (χ4v) is 2.86. The fourth-order valence-electron chi connectivity index (χ4n) is 2.86. The summed E-state index contributed by atoms with van der Waals surface area (Å²) in [6, 6.07) is 3.16. The summed E-state index contributed by atoms with van der Waals surface area (Å²) in [7, 11) is 1.27. The summed E-state index contributed by atoms with van der Waals surface area (Å²) in [4.78, 5) is 44.1. The molecule has 0 spiro atoms. The van der Waals surface area contributed by atoms with Crippen LogP contribution in [0.3, 0.4) is 0 Å². The van der Waals surface area contributed by atoms with Crippen LogP contribution in [-0.2, 0) is 4.74 Å². The smallest absolute Gasteiger partial charge is 0.340 e. The van der Waals surface area contributed by atoms with Crippen LogP contribution in [-0.4, -0.2) is 34.6 Å². The van der Waals surface area contributed by atoms with Gasteiger partial charge in [0.2, 0.25) is 5.78 Å². The van der Waals surface area contributed by atoms with E-state index in [9.17, 15) is 14.4 Å². The molecule has 2 aromatic rings. The van der Waals surface area contributed by atoms with Crippen molar-refractivity contribution in [1.29, 1.82) is 0 Å². The van der Waals surface area contributed by atoms with Crippen LogP contribution in [0.25, 0.3) is 5.57 Å². The zero-order valence-corrected chi connectivity index (χ0v) is 12.9. The summed E-state index contributed by atoms with van der Waals surface area (Å²) in [5, 5.41) is 0. The number of H-pyrrole nitrogens is 1. The van der Waals surface area contributed by atoms with Crippen LogP contribution < -0.4 is 0 Å². The SMILES string of the molecule is COC(=O)c1c(C)[nH]c(C)c1C1=CC(=O)c2ncccc2C1=O. The number of Topliss-reactive ketones (excluding diaryl/α,β-unsaturated/α-hetero) is 1. The monoisotopic (exact) mass is 310 g/mol. The second-order valence-corrected chi connectivity index (χ2v) is 5.27. The third-order valence-electron chi connectivity index (χ3n) is 3.84. The summed E-state index contributed by atoms with van der Waals surface area (Å²) < 4.78 is 4.80. The number of pyridine rings is 1. The van der Waals surface area contributed by atoms with Gasteiger partial charge in [0.1, 0.15) is 5.69 Å². The Balaban J connectivity index is 2.24. The first-order valence-corrected chi connectivity index (χ1v) is 6.99. The van der Waals surface area contributed by atoms with E-state index >= 15 is 0 Å². The van der Waals surface area contributed by atoms with Crippen molar-refractivity contribution < 1.29 is 19.1 Å². The molecule has 1 N–H and O–H groups in total. The number of aromatic nitrogens is 2. The molecule has 0 aromatic carbocycles. The van der Waals surface area contributed by atoms with Crippen LogP contribution >= 0.6 is 0 Å². The van der Waals surface area contributed by atoms with Gasteiger partial charge in [-0.2, -0.15) is 0 Å². The molecule has 6 nitrogen and oxygen atoms in total. The molecule has 6 heteroatoms. The maximum atomic E-state index is 12.8. The molecule has 0 bridgehead atoms. The number of allylic oxidation sites excluding steroid dienone is 2. The number of carbonyl (C=O) groups excluding carboxylic acids is 3. The molecular weight excluding hydrogens is 296 g/mol. The van der Waals surface area contributed by atoms with Crippen LogP contribution in [0.15, 0.2) is 24.4 Å². The second kappa shape index (κ2) is 5.31. The standard InChI is InChI=1S/C17H14N2O4/c1-8-13(14(9(2)19-8)17(22)23-3)11-7-12(20)15-10(16(11)21)5-4-6-18-15/h4-7,19H,1-3H3. The number of nitrogens with one attached hydrogen (secondary N) is 1. The zero-order valence-electron chi connectivity index (χ0n) is 12.9. The van der Waals surface area contributed by atoms with Crippen molar-refractivity contribution in [3.63, 3.8) is 0 Å². The number of fused-ring (bicyclic) bond motifs is 1. The van der Waals surface area contributed by atoms with Crippen molar-refractivity contribution in [1.82, 2.24) is 9.97 Å². The molecule has 0 amide bonds. The molecule has 23 heavy (non-hydrogen) atoms. The van der Waals surface area contributed by atoms with Gasteiger partial charge in [0.25, 0.3) is 0 Å². The topological polar surface area (TPSA) is 89.1 Å². The number of esters is 1. The van der Waals surface area contributed by atoms with Gasteiger partial charge in [0.05, 0.1) is 18.2 Å². The lowest BCUT2D eigenvalue weighted by Gasteiger charge is -2.15. The van der Waals surface area contributed by atoms with Crippen molar-refractivity contribution in [2.75, 3.05) is 7.11 Å². The number of aromatic amines is 1. The van der Waals surface area contributed by atoms with Gasteiger partial charge in [0, 0.05) is 28.7 Å². The predicted octanol–water partition coefficient (Wildman–Crippen LogP) is 2.28. The summed E-state index contributed by atoms with van der Waals surface area (Å²) in [6.45, 7) is 3.46. The molecular formula is C17H14N2O4. The molecule has 2 aromatic heterocycles. The lowest BCUT2D eigenvalue weighted by Crippen LogP contribution is -2.19. The number of carbonyl (C=O) groups is 3. The van der Waals surface area contributed by atoms with Crippen LogP contribution in [0.4, 0.5) is 0 Å².